The molecule has 1 nitrogen and oxygen atoms in total. The van der Waals surface area contributed by atoms with Crippen LogP contribution >= 0.6 is 0 Å². The molecule has 2 atom stereocenters. The minimum Gasteiger partial charge on any atom is -0.330 e. The largest absolute Gasteiger partial charge is 0.330 e. The molecule has 0 aromatic heterocycles. The van der Waals surface area contributed by atoms with E-state index in [9.17, 15) is 0 Å². The minimum absolute atomic E-state index is 0.583. The van der Waals surface area contributed by atoms with Crippen LogP contribution in [0.3, 0.4) is 0 Å². The van der Waals surface area contributed by atoms with Crippen LogP contribution in [-0.2, 0) is 0 Å². The van der Waals surface area contributed by atoms with Crippen LogP contribution in [0.15, 0.2) is 0 Å². The van der Waals surface area contributed by atoms with Crippen LogP contribution < -0.4 is 5.73 Å². The highest BCUT2D eigenvalue weighted by atomic mass is 14.7. The van der Waals surface area contributed by atoms with Gasteiger partial charge in [-0.1, -0.05) is 13.3 Å². The molecule has 1 heteroatoms. The van der Waals surface area contributed by atoms with Crippen LogP contribution in [0.4, 0.5) is 0 Å². The molecule has 14 heavy (non-hydrogen) atoms. The van der Waals surface area contributed by atoms with Gasteiger partial charge >= 0.3 is 0 Å². The lowest BCUT2D eigenvalue weighted by atomic mass is 9.43. The van der Waals surface area contributed by atoms with Crippen molar-refractivity contribution in [1.82, 2.24) is 0 Å². The molecule has 0 aromatic carbocycles. The van der Waals surface area contributed by atoms with Crippen LogP contribution in [0.1, 0.15) is 51.9 Å². The monoisotopic (exact) mass is 193 g/mol. The molecule has 2 unspecified atom stereocenters. The Labute approximate surface area is 87.4 Å². The second-order valence-electron chi connectivity index (χ2n) is 6.52. The van der Waals surface area contributed by atoms with Crippen molar-refractivity contribution in [2.75, 3.05) is 6.54 Å². The van der Waals surface area contributed by atoms with Crippen molar-refractivity contribution in [3.63, 3.8) is 0 Å². The highest BCUT2D eigenvalue weighted by Gasteiger charge is 2.56. The number of hydrogen-bond acceptors (Lipinski definition) is 1. The van der Waals surface area contributed by atoms with E-state index in [1.165, 1.54) is 44.9 Å². The van der Waals surface area contributed by atoms with E-state index in [-0.39, 0.29) is 0 Å². The third-order valence-corrected chi connectivity index (χ3v) is 5.49. The Morgan fingerprint density at radius 2 is 1.64 bits per heavy atom. The predicted molar refractivity (Wildman–Crippen MR) is 58.9 cm³/mol. The lowest BCUT2D eigenvalue weighted by Crippen LogP contribution is -2.54. The van der Waals surface area contributed by atoms with E-state index in [4.69, 9.17) is 5.73 Å². The van der Waals surface area contributed by atoms with Gasteiger partial charge in [0.15, 0.2) is 0 Å². The second-order valence-corrected chi connectivity index (χ2v) is 6.52. The Kier molecular flexibility index (Phi) is 1.81. The first-order valence-electron chi connectivity index (χ1n) is 6.39. The van der Waals surface area contributed by atoms with Gasteiger partial charge in [0.2, 0.25) is 0 Å². The maximum absolute atomic E-state index is 6.04. The lowest BCUT2D eigenvalue weighted by Gasteiger charge is -2.62. The fraction of sp³-hybridized carbons (Fsp3) is 1.00. The first-order chi connectivity index (χ1) is 6.69. The van der Waals surface area contributed by atoms with Gasteiger partial charge in [-0.15, -0.1) is 0 Å². The van der Waals surface area contributed by atoms with Gasteiger partial charge in [-0.05, 0) is 67.7 Å². The molecular formula is C13H23N. The Balaban J connectivity index is 1.94. The summed E-state index contributed by atoms with van der Waals surface area (Å²) >= 11 is 0. The summed E-state index contributed by atoms with van der Waals surface area (Å²) in [6, 6.07) is 0. The number of nitrogens with two attached hydrogens (primary N) is 1. The van der Waals surface area contributed by atoms with Gasteiger partial charge in [0, 0.05) is 0 Å². The Morgan fingerprint density at radius 1 is 1.07 bits per heavy atom. The highest BCUT2D eigenvalue weighted by molar-refractivity contribution is 5.07. The van der Waals surface area contributed by atoms with Crippen LogP contribution in [0.5, 0.6) is 0 Å². The van der Waals surface area contributed by atoms with E-state index in [1.54, 1.807) is 0 Å². The van der Waals surface area contributed by atoms with Crippen molar-refractivity contribution < 1.29 is 0 Å². The van der Waals surface area contributed by atoms with Crippen molar-refractivity contribution in [1.29, 1.82) is 0 Å². The molecular weight excluding hydrogens is 170 g/mol. The van der Waals surface area contributed by atoms with Crippen molar-refractivity contribution in [3.8, 4) is 0 Å². The van der Waals surface area contributed by atoms with E-state index in [2.05, 4.69) is 6.92 Å². The van der Waals surface area contributed by atoms with Crippen molar-refractivity contribution in [2.24, 2.45) is 28.4 Å². The average Bonchev–Trinajstić information content (AvgIpc) is 2.16. The fourth-order valence-corrected chi connectivity index (χ4v) is 5.30. The summed E-state index contributed by atoms with van der Waals surface area (Å²) in [7, 11) is 0. The highest BCUT2D eigenvalue weighted by Crippen LogP contribution is 2.65. The van der Waals surface area contributed by atoms with E-state index in [0.29, 0.717) is 5.41 Å². The van der Waals surface area contributed by atoms with Gasteiger partial charge in [-0.25, -0.2) is 0 Å². The summed E-state index contributed by atoms with van der Waals surface area (Å²) < 4.78 is 0. The molecule has 0 amide bonds. The van der Waals surface area contributed by atoms with Crippen LogP contribution in [0.25, 0.3) is 0 Å². The molecule has 0 aliphatic heterocycles. The molecule has 0 heterocycles. The summed E-state index contributed by atoms with van der Waals surface area (Å²) in [5.41, 5.74) is 7.35. The predicted octanol–water partition coefficient (Wildman–Crippen LogP) is 2.94. The van der Waals surface area contributed by atoms with Gasteiger partial charge in [-0.2, -0.15) is 0 Å². The summed E-state index contributed by atoms with van der Waals surface area (Å²) in [5.74, 6) is 2.08. The van der Waals surface area contributed by atoms with Crippen molar-refractivity contribution in [2.45, 2.75) is 51.9 Å². The first kappa shape index (κ1) is 9.21. The molecule has 4 fully saturated rings. The number of hydrogen-bond donors (Lipinski definition) is 1. The lowest BCUT2D eigenvalue weighted by molar-refractivity contribution is -0.107. The molecule has 4 aliphatic carbocycles. The van der Waals surface area contributed by atoms with Gasteiger partial charge < -0.3 is 5.73 Å². The topological polar surface area (TPSA) is 26.0 Å². The molecule has 4 bridgehead atoms. The standard InChI is InChI=1S/C13H23N/c1-2-12-4-10-3-11(5-12)7-13(6-10,8-12)9-14/h10-11H,2-9,14H2,1H3. The Bertz CT molecular complexity index is 210. The molecule has 4 aliphatic rings. The van der Waals surface area contributed by atoms with E-state index in [0.717, 1.165) is 23.8 Å². The second kappa shape index (κ2) is 2.75. The van der Waals surface area contributed by atoms with Gasteiger partial charge in [0.25, 0.3) is 0 Å². The maximum atomic E-state index is 6.04. The van der Waals surface area contributed by atoms with Crippen LogP contribution in [0.2, 0.25) is 0 Å². The number of rotatable bonds is 2. The molecule has 0 saturated heterocycles. The summed E-state index contributed by atoms with van der Waals surface area (Å²) in [5, 5.41) is 0. The molecule has 0 aromatic rings. The van der Waals surface area contributed by atoms with E-state index in [1.807, 2.05) is 0 Å². The molecule has 4 rings (SSSR count). The quantitative estimate of drug-likeness (QED) is 0.717. The molecule has 0 spiro atoms. The molecule has 4 saturated carbocycles. The fourth-order valence-electron chi connectivity index (χ4n) is 5.30. The zero-order chi connectivity index (χ0) is 9.81. The smallest absolute Gasteiger partial charge is 0.00201 e. The summed E-state index contributed by atoms with van der Waals surface area (Å²) in [4.78, 5) is 0. The van der Waals surface area contributed by atoms with Crippen molar-refractivity contribution >= 4 is 0 Å². The van der Waals surface area contributed by atoms with E-state index < -0.39 is 0 Å². The zero-order valence-corrected chi connectivity index (χ0v) is 9.39. The Hall–Kier alpha value is -0.0400. The van der Waals surface area contributed by atoms with Gasteiger partial charge in [-0.3, -0.25) is 0 Å². The van der Waals surface area contributed by atoms with Crippen LogP contribution in [-0.4, -0.2) is 6.54 Å². The van der Waals surface area contributed by atoms with Gasteiger partial charge in [0.1, 0.15) is 0 Å². The van der Waals surface area contributed by atoms with Crippen molar-refractivity contribution in [3.05, 3.63) is 0 Å². The minimum atomic E-state index is 0.583. The Morgan fingerprint density at radius 3 is 2.14 bits per heavy atom. The molecule has 80 valence electrons. The normalized spacial score (nSPS) is 55.3. The third kappa shape index (κ3) is 1.11. The average molecular weight is 193 g/mol. The summed E-state index contributed by atoms with van der Waals surface area (Å²) in [6.45, 7) is 3.36. The van der Waals surface area contributed by atoms with Gasteiger partial charge in [0.05, 0.1) is 0 Å². The summed E-state index contributed by atoms with van der Waals surface area (Å²) in [6.07, 6.45) is 10.4. The van der Waals surface area contributed by atoms with E-state index >= 15 is 0 Å². The zero-order valence-electron chi connectivity index (χ0n) is 9.39. The molecule has 2 N–H and O–H groups in total. The third-order valence-electron chi connectivity index (χ3n) is 5.49. The van der Waals surface area contributed by atoms with Crippen LogP contribution in [0, 0.1) is 22.7 Å². The SMILES string of the molecule is CCC12CC3CC(C1)CC(CN)(C3)C2. The first-order valence-corrected chi connectivity index (χ1v) is 6.39. The molecule has 0 radical (unpaired) electrons. The maximum Gasteiger partial charge on any atom is -0.00201 e.